The van der Waals surface area contributed by atoms with E-state index in [0.717, 1.165) is 0 Å². The Balaban J connectivity index is -0.0000000208. The molecule has 0 bridgehead atoms. The third-order valence-electron chi connectivity index (χ3n) is 0.781. The molecule has 3 heteroatoms. The van der Waals surface area contributed by atoms with Gasteiger partial charge < -0.3 is 10.8 Å². The minimum absolute atomic E-state index is 0. The van der Waals surface area contributed by atoms with Gasteiger partial charge in [0.1, 0.15) is 0 Å². The van der Waals surface area contributed by atoms with Crippen molar-refractivity contribution in [2.24, 2.45) is 0 Å². The number of rotatable bonds is 3. The van der Waals surface area contributed by atoms with Gasteiger partial charge in [0.25, 0.3) is 0 Å². The summed E-state index contributed by atoms with van der Waals surface area (Å²) in [6.07, 6.45) is 1.30. The van der Waals surface area contributed by atoms with Crippen molar-refractivity contribution in [3.63, 3.8) is 0 Å². The van der Waals surface area contributed by atoms with Crippen LogP contribution in [-0.2, 0) is 32.7 Å². The van der Waals surface area contributed by atoms with E-state index in [-0.39, 0.29) is 53.0 Å². The molecular formula is C7H23NOY. The van der Waals surface area contributed by atoms with Crippen LogP contribution in [0.4, 0.5) is 0 Å². The van der Waals surface area contributed by atoms with Crippen LogP contribution in [-0.4, -0.2) is 18.6 Å². The van der Waals surface area contributed by atoms with Crippen LogP contribution in [0.2, 0.25) is 0 Å². The number of hydrogen-bond donors (Lipinski definition) is 1. The van der Waals surface area contributed by atoms with Gasteiger partial charge in [-0.3, -0.25) is 0 Å². The second kappa shape index (κ2) is 32.3. The fourth-order valence-corrected chi connectivity index (χ4v) is 0.408. The van der Waals surface area contributed by atoms with Crippen molar-refractivity contribution >= 4 is 0 Å². The van der Waals surface area contributed by atoms with Crippen molar-refractivity contribution in [1.29, 1.82) is 0 Å². The minimum Gasteiger partial charge on any atom is -0.870 e. The molecule has 0 amide bonds. The molecule has 0 atom stereocenters. The van der Waals surface area contributed by atoms with Crippen molar-refractivity contribution in [3.8, 4) is 0 Å². The normalized spacial score (nSPS) is 5.40. The Kier molecular flexibility index (Phi) is 98.7. The zero-order valence-corrected chi connectivity index (χ0v) is 8.56. The van der Waals surface area contributed by atoms with E-state index in [1.54, 1.807) is 0 Å². The zero-order chi connectivity index (χ0) is 4.83. The molecule has 0 fully saturated rings. The molecule has 0 aliphatic carbocycles. The van der Waals surface area contributed by atoms with Crippen molar-refractivity contribution in [1.82, 2.24) is 0 Å². The van der Waals surface area contributed by atoms with Crippen LogP contribution in [0.25, 0.3) is 0 Å². The van der Waals surface area contributed by atoms with Crippen molar-refractivity contribution in [3.05, 3.63) is 0 Å². The molecule has 0 aromatic carbocycles. The fraction of sp³-hybridized carbons (Fsp3) is 1.00. The molecule has 0 spiro atoms. The molecule has 0 saturated carbocycles. The Morgan fingerprint density at radius 3 is 1.60 bits per heavy atom. The molecule has 0 aliphatic heterocycles. The fourth-order valence-electron chi connectivity index (χ4n) is 0.408. The SMILES string of the molecule is C.C.CCC[NH2+]CC.[OH-].[Y]. The van der Waals surface area contributed by atoms with Crippen LogP contribution in [0.15, 0.2) is 0 Å². The van der Waals surface area contributed by atoms with E-state index < -0.39 is 0 Å². The predicted octanol–water partition coefficient (Wildman–Crippen LogP) is 1.07. The minimum atomic E-state index is 0. The average molecular weight is 226 g/mol. The van der Waals surface area contributed by atoms with Gasteiger partial charge in [-0.2, -0.15) is 0 Å². The van der Waals surface area contributed by atoms with Gasteiger partial charge in [0.05, 0.1) is 13.1 Å². The number of nitrogens with two attached hydrogens (primary N) is 1. The molecule has 65 valence electrons. The van der Waals surface area contributed by atoms with Gasteiger partial charge in [-0.1, -0.05) is 21.8 Å². The molecule has 1 radical (unpaired) electrons. The summed E-state index contributed by atoms with van der Waals surface area (Å²) in [5.74, 6) is 0. The monoisotopic (exact) mass is 226 g/mol. The maximum atomic E-state index is 2.31. The van der Waals surface area contributed by atoms with Gasteiger partial charge in [-0.15, -0.1) is 0 Å². The van der Waals surface area contributed by atoms with E-state index >= 15 is 0 Å². The van der Waals surface area contributed by atoms with Gasteiger partial charge in [0.15, 0.2) is 0 Å². The Hall–Kier alpha value is 1.02. The Bertz CT molecular complexity index is 25.6. The zero-order valence-electron chi connectivity index (χ0n) is 5.72. The van der Waals surface area contributed by atoms with E-state index in [9.17, 15) is 0 Å². The van der Waals surface area contributed by atoms with E-state index in [1.165, 1.54) is 19.5 Å². The number of hydrogen-bond acceptors (Lipinski definition) is 1. The van der Waals surface area contributed by atoms with Gasteiger partial charge in [0.2, 0.25) is 0 Å². The van der Waals surface area contributed by atoms with Crippen LogP contribution in [0.3, 0.4) is 0 Å². The first-order valence-electron chi connectivity index (χ1n) is 2.73. The van der Waals surface area contributed by atoms with Crippen LogP contribution < -0.4 is 5.32 Å². The third-order valence-corrected chi connectivity index (χ3v) is 0.781. The summed E-state index contributed by atoms with van der Waals surface area (Å²) in [6.45, 7) is 6.90. The predicted molar refractivity (Wildman–Crippen MR) is 43.0 cm³/mol. The molecular weight excluding hydrogens is 203 g/mol. The molecule has 0 heterocycles. The molecule has 0 aliphatic rings. The molecule has 0 aromatic heterocycles. The molecule has 10 heavy (non-hydrogen) atoms. The maximum absolute atomic E-state index is 2.31. The van der Waals surface area contributed by atoms with E-state index in [4.69, 9.17) is 0 Å². The van der Waals surface area contributed by atoms with Gasteiger partial charge >= 0.3 is 0 Å². The molecule has 2 nitrogen and oxygen atoms in total. The standard InChI is InChI=1S/C5H13N.2CH4.H2O.Y/c1-3-5-6-4-2;;;;/h6H,3-5H2,1-2H3;2*1H4;1H2;. The van der Waals surface area contributed by atoms with Crippen LogP contribution >= 0.6 is 0 Å². The molecule has 0 unspecified atom stereocenters. The Morgan fingerprint density at radius 1 is 1.10 bits per heavy atom. The van der Waals surface area contributed by atoms with Crippen molar-refractivity contribution in [2.75, 3.05) is 13.1 Å². The average Bonchev–Trinajstić information content (AvgIpc) is 1.61. The molecule has 3 N–H and O–H groups in total. The third kappa shape index (κ3) is 35.9. The second-order valence-corrected chi connectivity index (χ2v) is 1.49. The smallest absolute Gasteiger partial charge is 0.0752 e. The summed E-state index contributed by atoms with van der Waals surface area (Å²) < 4.78 is 0. The summed E-state index contributed by atoms with van der Waals surface area (Å²) in [6, 6.07) is 0. The molecule has 0 saturated heterocycles. The van der Waals surface area contributed by atoms with E-state index in [1.807, 2.05) is 0 Å². The van der Waals surface area contributed by atoms with Crippen LogP contribution in [0.1, 0.15) is 35.1 Å². The summed E-state index contributed by atoms with van der Waals surface area (Å²) >= 11 is 0. The molecule has 0 rings (SSSR count). The quantitative estimate of drug-likeness (QED) is 0.719. The Labute approximate surface area is 91.4 Å². The number of quaternary nitrogens is 1. The first-order valence-corrected chi connectivity index (χ1v) is 2.73. The topological polar surface area (TPSA) is 46.6 Å². The van der Waals surface area contributed by atoms with Crippen LogP contribution in [0, 0.1) is 0 Å². The first-order chi connectivity index (χ1) is 2.91. The first kappa shape index (κ1) is 30.5. The Morgan fingerprint density at radius 2 is 1.50 bits per heavy atom. The molecule has 0 aromatic rings. The van der Waals surface area contributed by atoms with Crippen LogP contribution in [0.5, 0.6) is 0 Å². The summed E-state index contributed by atoms with van der Waals surface area (Å²) in [7, 11) is 0. The maximum Gasteiger partial charge on any atom is 0.0752 e. The van der Waals surface area contributed by atoms with Gasteiger partial charge in [0, 0.05) is 32.7 Å². The summed E-state index contributed by atoms with van der Waals surface area (Å²) in [5, 5.41) is 2.31. The summed E-state index contributed by atoms with van der Waals surface area (Å²) in [5.41, 5.74) is 0. The second-order valence-electron chi connectivity index (χ2n) is 1.49. The van der Waals surface area contributed by atoms with Gasteiger partial charge in [-0.25, -0.2) is 0 Å². The van der Waals surface area contributed by atoms with Crippen molar-refractivity contribution in [2.45, 2.75) is 35.1 Å². The van der Waals surface area contributed by atoms with E-state index in [0.29, 0.717) is 0 Å². The largest absolute Gasteiger partial charge is 0.870 e. The van der Waals surface area contributed by atoms with E-state index in [2.05, 4.69) is 19.2 Å². The van der Waals surface area contributed by atoms with Gasteiger partial charge in [-0.05, 0) is 13.3 Å². The van der Waals surface area contributed by atoms with Crippen molar-refractivity contribution < 1.29 is 43.5 Å². The summed E-state index contributed by atoms with van der Waals surface area (Å²) in [4.78, 5) is 0.